The Hall–Kier alpha value is -3.55. The SMILES string of the molecule is O=[N+]([O-])c1c(NCc2ccc(F)cc2)ncnc1Nc1ccccc1. The molecule has 0 amide bonds. The van der Waals surface area contributed by atoms with E-state index >= 15 is 0 Å². The lowest BCUT2D eigenvalue weighted by Crippen LogP contribution is -2.08. The molecule has 0 bridgehead atoms. The Morgan fingerprint density at radius 2 is 1.68 bits per heavy atom. The zero-order valence-electron chi connectivity index (χ0n) is 13.0. The van der Waals surface area contributed by atoms with Gasteiger partial charge in [0.15, 0.2) is 0 Å². The molecule has 0 unspecified atom stereocenters. The molecule has 126 valence electrons. The topological polar surface area (TPSA) is 93.0 Å². The Balaban J connectivity index is 1.84. The summed E-state index contributed by atoms with van der Waals surface area (Å²) in [5, 5.41) is 17.3. The van der Waals surface area contributed by atoms with Crippen LogP contribution in [0.4, 0.5) is 27.4 Å². The van der Waals surface area contributed by atoms with Crippen LogP contribution in [0.1, 0.15) is 5.56 Å². The number of nitrogens with zero attached hydrogens (tertiary/aromatic N) is 3. The number of aromatic nitrogens is 2. The highest BCUT2D eigenvalue weighted by Crippen LogP contribution is 2.31. The number of para-hydroxylation sites is 1. The van der Waals surface area contributed by atoms with Crippen molar-refractivity contribution in [1.82, 2.24) is 9.97 Å². The van der Waals surface area contributed by atoms with Gasteiger partial charge in [-0.15, -0.1) is 0 Å². The van der Waals surface area contributed by atoms with Gasteiger partial charge in [-0.25, -0.2) is 14.4 Å². The first-order valence-corrected chi connectivity index (χ1v) is 7.43. The second-order valence-electron chi connectivity index (χ2n) is 5.15. The van der Waals surface area contributed by atoms with Gasteiger partial charge in [0.05, 0.1) is 4.92 Å². The van der Waals surface area contributed by atoms with Crippen molar-refractivity contribution in [2.45, 2.75) is 6.54 Å². The van der Waals surface area contributed by atoms with Crippen LogP contribution in [0.3, 0.4) is 0 Å². The molecule has 1 heterocycles. The molecular weight excluding hydrogens is 325 g/mol. The molecule has 0 radical (unpaired) electrons. The monoisotopic (exact) mass is 339 g/mol. The second-order valence-corrected chi connectivity index (χ2v) is 5.15. The molecule has 3 rings (SSSR count). The van der Waals surface area contributed by atoms with E-state index in [0.29, 0.717) is 5.69 Å². The highest BCUT2D eigenvalue weighted by Gasteiger charge is 2.23. The van der Waals surface area contributed by atoms with Crippen molar-refractivity contribution in [3.8, 4) is 0 Å². The van der Waals surface area contributed by atoms with Crippen LogP contribution in [0, 0.1) is 15.9 Å². The van der Waals surface area contributed by atoms with Crippen molar-refractivity contribution >= 4 is 23.0 Å². The highest BCUT2D eigenvalue weighted by atomic mass is 19.1. The zero-order chi connectivity index (χ0) is 17.6. The first-order valence-electron chi connectivity index (χ1n) is 7.43. The third-order valence-corrected chi connectivity index (χ3v) is 3.41. The van der Waals surface area contributed by atoms with Gasteiger partial charge in [-0.3, -0.25) is 10.1 Å². The quantitative estimate of drug-likeness (QED) is 0.523. The Labute approximate surface area is 142 Å². The summed E-state index contributed by atoms with van der Waals surface area (Å²) in [5.74, 6) is -0.165. The number of nitro groups is 1. The third kappa shape index (κ3) is 4.05. The predicted molar refractivity (Wildman–Crippen MR) is 92.1 cm³/mol. The fourth-order valence-electron chi connectivity index (χ4n) is 2.22. The lowest BCUT2D eigenvalue weighted by molar-refractivity contribution is -0.383. The van der Waals surface area contributed by atoms with Crippen molar-refractivity contribution in [2.75, 3.05) is 10.6 Å². The zero-order valence-corrected chi connectivity index (χ0v) is 13.0. The average molecular weight is 339 g/mol. The maximum absolute atomic E-state index is 12.9. The van der Waals surface area contributed by atoms with Gasteiger partial charge in [-0.1, -0.05) is 30.3 Å². The van der Waals surface area contributed by atoms with E-state index < -0.39 is 4.92 Å². The standard InChI is InChI=1S/C17H14FN5O2/c18-13-8-6-12(7-9-13)10-19-16-15(23(24)25)17(21-11-20-16)22-14-4-2-1-3-5-14/h1-9,11H,10H2,(H2,19,20,21,22). The van der Waals surface area contributed by atoms with E-state index in [1.807, 2.05) is 18.2 Å². The van der Waals surface area contributed by atoms with Gasteiger partial charge in [0.25, 0.3) is 0 Å². The number of anilines is 3. The minimum atomic E-state index is -0.543. The Bertz CT molecular complexity index is 872. The molecule has 0 saturated carbocycles. The van der Waals surface area contributed by atoms with Crippen LogP contribution in [-0.4, -0.2) is 14.9 Å². The lowest BCUT2D eigenvalue weighted by Gasteiger charge is -2.10. The van der Waals surface area contributed by atoms with E-state index in [9.17, 15) is 14.5 Å². The van der Waals surface area contributed by atoms with Crippen LogP contribution in [0.5, 0.6) is 0 Å². The Kier molecular flexibility index (Phi) is 4.79. The number of hydrogen-bond acceptors (Lipinski definition) is 6. The molecule has 0 atom stereocenters. The lowest BCUT2D eigenvalue weighted by atomic mass is 10.2. The molecule has 7 nitrogen and oxygen atoms in total. The molecule has 3 aromatic rings. The van der Waals surface area contributed by atoms with Gasteiger partial charge >= 0.3 is 5.69 Å². The summed E-state index contributed by atoms with van der Waals surface area (Å²) >= 11 is 0. The summed E-state index contributed by atoms with van der Waals surface area (Å²) in [7, 11) is 0. The van der Waals surface area contributed by atoms with Gasteiger partial charge in [0, 0.05) is 12.2 Å². The first-order chi connectivity index (χ1) is 12.1. The second kappa shape index (κ2) is 7.35. The first kappa shape index (κ1) is 16.3. The van der Waals surface area contributed by atoms with Crippen molar-refractivity contribution in [3.05, 3.63) is 82.4 Å². The number of benzene rings is 2. The van der Waals surface area contributed by atoms with Crippen LogP contribution in [0.15, 0.2) is 60.9 Å². The van der Waals surface area contributed by atoms with E-state index in [2.05, 4.69) is 20.6 Å². The highest BCUT2D eigenvalue weighted by molar-refractivity contribution is 5.73. The van der Waals surface area contributed by atoms with Gasteiger partial charge in [0.2, 0.25) is 11.6 Å². The maximum Gasteiger partial charge on any atom is 0.353 e. The number of nitrogens with one attached hydrogen (secondary N) is 2. The molecule has 0 fully saturated rings. The van der Waals surface area contributed by atoms with Crippen molar-refractivity contribution in [1.29, 1.82) is 0 Å². The van der Waals surface area contributed by atoms with Gasteiger partial charge in [-0.2, -0.15) is 0 Å². The van der Waals surface area contributed by atoms with E-state index in [-0.39, 0.29) is 29.7 Å². The molecule has 0 spiro atoms. The molecule has 0 aliphatic heterocycles. The normalized spacial score (nSPS) is 10.3. The minimum Gasteiger partial charge on any atom is -0.360 e. The number of hydrogen-bond donors (Lipinski definition) is 2. The minimum absolute atomic E-state index is 0.0859. The van der Waals surface area contributed by atoms with Crippen LogP contribution in [0.25, 0.3) is 0 Å². The Morgan fingerprint density at radius 1 is 1.00 bits per heavy atom. The maximum atomic E-state index is 12.9. The summed E-state index contributed by atoms with van der Waals surface area (Å²) < 4.78 is 12.9. The van der Waals surface area contributed by atoms with Crippen LogP contribution in [-0.2, 0) is 6.54 Å². The van der Waals surface area contributed by atoms with E-state index in [1.54, 1.807) is 24.3 Å². The molecule has 2 aromatic carbocycles. The third-order valence-electron chi connectivity index (χ3n) is 3.41. The summed E-state index contributed by atoms with van der Waals surface area (Å²) in [6.07, 6.45) is 1.24. The van der Waals surface area contributed by atoms with E-state index in [4.69, 9.17) is 0 Å². The summed E-state index contributed by atoms with van der Waals surface area (Å²) in [5.41, 5.74) is 1.19. The molecule has 25 heavy (non-hydrogen) atoms. The number of halogens is 1. The van der Waals surface area contributed by atoms with Gasteiger partial charge < -0.3 is 10.6 Å². The van der Waals surface area contributed by atoms with Crippen LogP contribution < -0.4 is 10.6 Å². The summed E-state index contributed by atoms with van der Waals surface area (Å²) in [4.78, 5) is 18.9. The van der Waals surface area contributed by atoms with Crippen molar-refractivity contribution in [2.24, 2.45) is 0 Å². The molecule has 8 heteroatoms. The molecule has 0 saturated heterocycles. The van der Waals surface area contributed by atoms with Crippen molar-refractivity contribution < 1.29 is 9.31 Å². The molecule has 0 aliphatic rings. The molecule has 2 N–H and O–H groups in total. The fourth-order valence-corrected chi connectivity index (χ4v) is 2.22. The summed E-state index contributed by atoms with van der Waals surface area (Å²) in [6, 6.07) is 14.9. The smallest absolute Gasteiger partial charge is 0.353 e. The molecular formula is C17H14FN5O2. The largest absolute Gasteiger partial charge is 0.360 e. The number of rotatable bonds is 6. The van der Waals surface area contributed by atoms with E-state index in [1.165, 1.54) is 18.5 Å². The van der Waals surface area contributed by atoms with Crippen LogP contribution in [0.2, 0.25) is 0 Å². The molecule has 0 aliphatic carbocycles. The van der Waals surface area contributed by atoms with Gasteiger partial charge in [0.1, 0.15) is 12.1 Å². The van der Waals surface area contributed by atoms with Crippen molar-refractivity contribution in [3.63, 3.8) is 0 Å². The summed E-state index contributed by atoms with van der Waals surface area (Å²) in [6.45, 7) is 0.267. The van der Waals surface area contributed by atoms with Gasteiger partial charge in [-0.05, 0) is 29.8 Å². The fraction of sp³-hybridized carbons (Fsp3) is 0.0588. The molecule has 1 aromatic heterocycles. The Morgan fingerprint density at radius 3 is 2.36 bits per heavy atom. The average Bonchev–Trinajstić information content (AvgIpc) is 2.62. The predicted octanol–water partition coefficient (Wildman–Crippen LogP) is 3.88. The van der Waals surface area contributed by atoms with Crippen LogP contribution >= 0.6 is 0 Å². The van der Waals surface area contributed by atoms with E-state index in [0.717, 1.165) is 5.56 Å².